The van der Waals surface area contributed by atoms with E-state index in [1.54, 1.807) is 20.3 Å². The third kappa shape index (κ3) is 18.9. The van der Waals surface area contributed by atoms with Gasteiger partial charge in [0, 0.05) is 19.6 Å². The van der Waals surface area contributed by atoms with Crippen molar-refractivity contribution in [3.63, 3.8) is 0 Å². The maximum absolute atomic E-state index is 14.6. The zero-order chi connectivity index (χ0) is 58.0. The van der Waals surface area contributed by atoms with Gasteiger partial charge >= 0.3 is 0 Å². The van der Waals surface area contributed by atoms with E-state index in [2.05, 4.69) is 126 Å². The molecule has 6 aromatic carbocycles. The quantitative estimate of drug-likeness (QED) is 0.0240. The van der Waals surface area contributed by atoms with Crippen molar-refractivity contribution >= 4 is 37.4 Å². The van der Waals surface area contributed by atoms with Gasteiger partial charge in [0.15, 0.2) is 6.10 Å². The fraction of sp³-hybridized carbons (Fsp3) is 0.353. The van der Waals surface area contributed by atoms with E-state index < -0.39 is 40.5 Å². The zero-order valence-corrected chi connectivity index (χ0v) is 50.5. The fourth-order valence-electron chi connectivity index (χ4n) is 9.46. The van der Waals surface area contributed by atoms with Crippen LogP contribution in [0, 0.1) is 11.8 Å². The SMILES string of the molecule is COc1ccc(CO[C@H](C)C/C=C(/F)C(O)/C=C\CCO[Si](c2ccccc2)(c2ccccc2)C(C)(C)C)cc1.COc1ccc(CO[C@H](C)C/C=C(/F)C(O)C#CCCO[Si](c2ccccc2)(c2ccccc2)C(C)(C)C)cc1. The van der Waals surface area contributed by atoms with E-state index in [-0.39, 0.29) is 22.3 Å². The highest BCUT2D eigenvalue weighted by molar-refractivity contribution is 7.00. The lowest BCUT2D eigenvalue weighted by Gasteiger charge is -2.43. The van der Waals surface area contributed by atoms with E-state index in [9.17, 15) is 19.0 Å². The number of ether oxygens (including phenoxy) is 4. The summed E-state index contributed by atoms with van der Waals surface area (Å²) in [6.07, 6.45) is 4.50. The Morgan fingerprint density at radius 3 is 1.25 bits per heavy atom. The molecule has 80 heavy (non-hydrogen) atoms. The van der Waals surface area contributed by atoms with Crippen LogP contribution >= 0.6 is 0 Å². The van der Waals surface area contributed by atoms with Gasteiger partial charge in [-0.25, -0.2) is 8.78 Å². The lowest BCUT2D eigenvalue weighted by Crippen LogP contribution is -2.66. The van der Waals surface area contributed by atoms with E-state index in [0.717, 1.165) is 22.6 Å². The molecule has 8 nitrogen and oxygen atoms in total. The average molecular weight is 1120 g/mol. The second-order valence-corrected chi connectivity index (χ2v) is 30.4. The van der Waals surface area contributed by atoms with Gasteiger partial charge in [-0.15, -0.1) is 0 Å². The number of rotatable bonds is 26. The Balaban J connectivity index is 0.000000294. The lowest BCUT2D eigenvalue weighted by molar-refractivity contribution is 0.0545. The largest absolute Gasteiger partial charge is 0.497 e. The van der Waals surface area contributed by atoms with Crippen LogP contribution in [-0.2, 0) is 31.5 Å². The van der Waals surface area contributed by atoms with Gasteiger partial charge in [0.05, 0.1) is 39.6 Å². The van der Waals surface area contributed by atoms with Crippen molar-refractivity contribution in [2.24, 2.45) is 0 Å². The van der Waals surface area contributed by atoms with E-state index in [0.29, 0.717) is 52.1 Å². The monoisotopic (exact) mass is 1120 g/mol. The first kappa shape index (κ1) is 64.6. The van der Waals surface area contributed by atoms with E-state index in [4.69, 9.17) is 27.8 Å². The van der Waals surface area contributed by atoms with Gasteiger partial charge in [0.1, 0.15) is 29.3 Å². The third-order valence-corrected chi connectivity index (χ3v) is 23.8. The van der Waals surface area contributed by atoms with Crippen LogP contribution in [0.3, 0.4) is 0 Å². The zero-order valence-electron chi connectivity index (χ0n) is 48.5. The highest BCUT2D eigenvalue weighted by Gasteiger charge is 2.51. The molecular formula is C68H84F2O8Si2. The smallest absolute Gasteiger partial charge is 0.261 e. The highest BCUT2D eigenvalue weighted by atomic mass is 28.4. The Morgan fingerprint density at radius 1 is 0.525 bits per heavy atom. The van der Waals surface area contributed by atoms with Gasteiger partial charge in [-0.3, -0.25) is 0 Å². The number of halogens is 2. The molecule has 4 atom stereocenters. The van der Waals surface area contributed by atoms with Crippen molar-refractivity contribution in [3.8, 4) is 23.3 Å². The summed E-state index contributed by atoms with van der Waals surface area (Å²) < 4.78 is 64.6. The second-order valence-electron chi connectivity index (χ2n) is 21.7. The molecule has 2 unspecified atom stereocenters. The molecular weight excluding hydrogens is 1040 g/mol. The van der Waals surface area contributed by atoms with Crippen LogP contribution in [0.1, 0.15) is 92.2 Å². The Morgan fingerprint density at radius 2 is 0.887 bits per heavy atom. The molecule has 0 aliphatic rings. The Kier molecular flexibility index (Phi) is 26.0. The fourth-order valence-corrected chi connectivity index (χ4v) is 18.6. The Labute approximate surface area is 478 Å². The number of hydrogen-bond acceptors (Lipinski definition) is 8. The average Bonchev–Trinajstić information content (AvgIpc) is 3.67. The highest BCUT2D eigenvalue weighted by Crippen LogP contribution is 2.38. The predicted molar refractivity (Wildman–Crippen MR) is 327 cm³/mol. The van der Waals surface area contributed by atoms with Crippen LogP contribution in [-0.4, -0.2) is 78.7 Å². The van der Waals surface area contributed by atoms with E-state index in [1.807, 2.05) is 111 Å². The molecule has 2 N–H and O–H groups in total. The Bertz CT molecular complexity index is 2780. The van der Waals surface area contributed by atoms with Crippen LogP contribution in [0.4, 0.5) is 8.78 Å². The van der Waals surface area contributed by atoms with Gasteiger partial charge in [0.2, 0.25) is 0 Å². The lowest BCUT2D eigenvalue weighted by atomic mass is 10.2. The van der Waals surface area contributed by atoms with Crippen molar-refractivity contribution in [2.75, 3.05) is 27.4 Å². The van der Waals surface area contributed by atoms with Crippen LogP contribution < -0.4 is 30.2 Å². The maximum Gasteiger partial charge on any atom is 0.261 e. The first-order valence-corrected chi connectivity index (χ1v) is 31.4. The van der Waals surface area contributed by atoms with Gasteiger partial charge in [-0.2, -0.15) is 0 Å². The predicted octanol–water partition coefficient (Wildman–Crippen LogP) is 12.9. The molecule has 0 radical (unpaired) electrons. The normalized spacial score (nSPS) is 14.0. The summed E-state index contributed by atoms with van der Waals surface area (Å²) >= 11 is 0. The van der Waals surface area contributed by atoms with Gasteiger partial charge < -0.3 is 38.0 Å². The number of aliphatic hydroxyl groups excluding tert-OH is 2. The summed E-state index contributed by atoms with van der Waals surface area (Å²) in [5.74, 6) is 5.86. The molecule has 0 aliphatic carbocycles. The summed E-state index contributed by atoms with van der Waals surface area (Å²) in [4.78, 5) is 0. The van der Waals surface area contributed by atoms with Gasteiger partial charge in [0.25, 0.3) is 16.6 Å². The number of benzene rings is 6. The van der Waals surface area contributed by atoms with Crippen LogP contribution in [0.15, 0.2) is 206 Å². The maximum atomic E-state index is 14.6. The molecule has 0 saturated heterocycles. The van der Waals surface area contributed by atoms with E-state index in [1.165, 1.54) is 39.0 Å². The molecule has 0 spiro atoms. The van der Waals surface area contributed by atoms with Crippen LogP contribution in [0.2, 0.25) is 10.1 Å². The molecule has 0 amide bonds. The van der Waals surface area contributed by atoms with E-state index >= 15 is 0 Å². The summed E-state index contributed by atoms with van der Waals surface area (Å²) in [7, 11) is -2.01. The second kappa shape index (κ2) is 32.3. The first-order valence-electron chi connectivity index (χ1n) is 27.6. The molecule has 0 fully saturated rings. The molecule has 6 aromatic rings. The summed E-state index contributed by atoms with van der Waals surface area (Å²) in [6.45, 7) is 18.8. The molecule has 0 aliphatic heterocycles. The topological polar surface area (TPSA) is 95.8 Å². The van der Waals surface area contributed by atoms with Gasteiger partial charge in [-0.1, -0.05) is 211 Å². The number of methoxy groups -OCH3 is 2. The molecule has 0 bridgehead atoms. The molecule has 0 aromatic heterocycles. The third-order valence-electron chi connectivity index (χ3n) is 13.8. The summed E-state index contributed by atoms with van der Waals surface area (Å²) in [6, 6.07) is 56.9. The van der Waals surface area contributed by atoms with Crippen molar-refractivity contribution in [3.05, 3.63) is 217 Å². The van der Waals surface area contributed by atoms with Crippen molar-refractivity contribution in [1.82, 2.24) is 0 Å². The minimum atomic E-state index is -2.65. The van der Waals surface area contributed by atoms with Crippen LogP contribution in [0.5, 0.6) is 11.5 Å². The van der Waals surface area contributed by atoms with Crippen LogP contribution in [0.25, 0.3) is 0 Å². The minimum Gasteiger partial charge on any atom is -0.497 e. The molecule has 12 heteroatoms. The van der Waals surface area contributed by atoms with Crippen molar-refractivity contribution in [2.45, 2.75) is 129 Å². The standard InChI is InChI=1S/C34H43FO4Si.C34H41FO4Si/c2*1-27(38-26-28-20-22-29(37-5)23-21-28)19-24-32(35)33(36)18-12-13-25-39-40(34(2,3)4,30-14-8-6-9-15-30)31-16-10-7-11-17-31/h6-12,14-18,20-24,27,33,36H,13,19,25-26H2,1-5H3;6-11,14-17,20-24,27,33,36H,13,19,25-26H2,1-5H3/b18-12-,32-24+;32-24+/t2*27-,33?/m11/s1. The first-order chi connectivity index (χ1) is 38.3. The molecule has 6 rings (SSSR count). The van der Waals surface area contributed by atoms with Crippen molar-refractivity contribution in [1.29, 1.82) is 0 Å². The molecule has 0 saturated carbocycles. The summed E-state index contributed by atoms with van der Waals surface area (Å²) in [5, 5.41) is 25.1. The van der Waals surface area contributed by atoms with Crippen molar-refractivity contribution < 1.29 is 46.8 Å². The molecule has 0 heterocycles. The summed E-state index contributed by atoms with van der Waals surface area (Å²) in [5.41, 5.74) is 2.02. The minimum absolute atomic E-state index is 0.111. The molecule has 426 valence electrons. The number of hydrogen-bond donors (Lipinski definition) is 2. The number of aliphatic hydroxyl groups is 2. The van der Waals surface area contributed by atoms with Gasteiger partial charge in [-0.05, 0) is 111 Å². The Hall–Kier alpha value is -6.25.